The van der Waals surface area contributed by atoms with Crippen LogP contribution in [0.1, 0.15) is 44.5 Å². The Morgan fingerprint density at radius 1 is 1.48 bits per heavy atom. The van der Waals surface area contributed by atoms with Gasteiger partial charge in [-0.2, -0.15) is 0 Å². The Labute approximate surface area is 124 Å². The smallest absolute Gasteiger partial charge is 0.318 e. The lowest BCUT2D eigenvalue weighted by atomic mass is 10.00. The minimum atomic E-state index is -0.160. The lowest BCUT2D eigenvalue weighted by Gasteiger charge is -2.40. The zero-order valence-corrected chi connectivity index (χ0v) is 12.7. The highest BCUT2D eigenvalue weighted by atomic mass is 16.5. The molecule has 116 valence electrons. The zero-order valence-electron chi connectivity index (χ0n) is 12.7. The van der Waals surface area contributed by atoms with Gasteiger partial charge in [-0.25, -0.2) is 4.79 Å². The third-order valence-electron chi connectivity index (χ3n) is 4.52. The van der Waals surface area contributed by atoms with Crippen LogP contribution < -0.4 is 5.32 Å². The van der Waals surface area contributed by atoms with Crippen LogP contribution in [0.15, 0.2) is 6.33 Å². The average molecular weight is 293 g/mol. The van der Waals surface area contributed by atoms with Gasteiger partial charge in [0, 0.05) is 13.6 Å². The first-order valence-electron chi connectivity index (χ1n) is 7.63. The Morgan fingerprint density at radius 2 is 2.24 bits per heavy atom. The number of aromatic nitrogens is 3. The van der Waals surface area contributed by atoms with E-state index in [2.05, 4.69) is 15.5 Å². The molecule has 2 aliphatic rings. The first-order valence-corrected chi connectivity index (χ1v) is 7.63. The Bertz CT molecular complexity index is 509. The predicted octanol–water partition coefficient (Wildman–Crippen LogP) is 1.23. The summed E-state index contributed by atoms with van der Waals surface area (Å²) in [7, 11) is 1.88. The molecule has 0 bridgehead atoms. The van der Waals surface area contributed by atoms with Crippen LogP contribution in [0.5, 0.6) is 0 Å². The molecule has 1 aliphatic carbocycles. The number of rotatable bonds is 2. The summed E-state index contributed by atoms with van der Waals surface area (Å²) in [4.78, 5) is 14.3. The van der Waals surface area contributed by atoms with E-state index in [1.807, 2.05) is 23.4 Å². The third-order valence-corrected chi connectivity index (χ3v) is 4.52. The molecule has 0 radical (unpaired) electrons. The van der Waals surface area contributed by atoms with E-state index in [0.717, 1.165) is 18.7 Å². The summed E-state index contributed by atoms with van der Waals surface area (Å²) in [5.41, 5.74) is -0.0936. The van der Waals surface area contributed by atoms with Gasteiger partial charge in [0.1, 0.15) is 6.33 Å². The van der Waals surface area contributed by atoms with Crippen LogP contribution in [0.2, 0.25) is 0 Å². The van der Waals surface area contributed by atoms with Gasteiger partial charge in [0.05, 0.1) is 24.8 Å². The lowest BCUT2D eigenvalue weighted by Crippen LogP contribution is -2.55. The third kappa shape index (κ3) is 2.88. The molecule has 1 N–H and O–H groups in total. The van der Waals surface area contributed by atoms with E-state index >= 15 is 0 Å². The number of nitrogens with one attached hydrogen (secondary N) is 1. The van der Waals surface area contributed by atoms with Crippen molar-refractivity contribution < 1.29 is 9.53 Å². The van der Waals surface area contributed by atoms with Crippen LogP contribution in [-0.2, 0) is 11.8 Å². The van der Waals surface area contributed by atoms with Gasteiger partial charge in [0.15, 0.2) is 5.82 Å². The Kier molecular flexibility index (Phi) is 3.84. The standard InChI is InChI=1S/C14H23N5O2/c1-11(12-17-15-10-18(12)2)16-13(20)19-7-8-21-14(9-19)5-3-4-6-14/h10-11H,3-9H2,1-2H3,(H,16,20)/t11-/m0/s1. The summed E-state index contributed by atoms with van der Waals surface area (Å²) in [6.07, 6.45) is 6.17. The molecule has 2 heterocycles. The molecule has 1 aromatic rings. The lowest BCUT2D eigenvalue weighted by molar-refractivity contribution is -0.0927. The van der Waals surface area contributed by atoms with Crippen LogP contribution in [0.3, 0.4) is 0 Å². The molecule has 7 nitrogen and oxygen atoms in total. The fourth-order valence-electron chi connectivity index (χ4n) is 3.37. The van der Waals surface area contributed by atoms with Crippen LogP contribution in [0, 0.1) is 0 Å². The summed E-state index contributed by atoms with van der Waals surface area (Å²) >= 11 is 0. The summed E-state index contributed by atoms with van der Waals surface area (Å²) in [5.74, 6) is 0.757. The van der Waals surface area contributed by atoms with Crippen molar-refractivity contribution in [1.29, 1.82) is 0 Å². The molecule has 1 spiro atoms. The Hall–Kier alpha value is -1.63. The Balaban J connectivity index is 1.61. The maximum absolute atomic E-state index is 12.5. The number of urea groups is 1. The number of aryl methyl sites for hydroxylation is 1. The van der Waals surface area contributed by atoms with Crippen molar-refractivity contribution in [2.45, 2.75) is 44.2 Å². The van der Waals surface area contributed by atoms with E-state index in [-0.39, 0.29) is 17.7 Å². The molecule has 2 amide bonds. The summed E-state index contributed by atoms with van der Waals surface area (Å²) in [6.45, 7) is 3.91. The number of hydrogen-bond acceptors (Lipinski definition) is 4. The van der Waals surface area contributed by atoms with Crippen molar-refractivity contribution in [2.75, 3.05) is 19.7 Å². The number of nitrogens with zero attached hydrogens (tertiary/aromatic N) is 4. The van der Waals surface area contributed by atoms with Crippen molar-refractivity contribution in [1.82, 2.24) is 25.0 Å². The van der Waals surface area contributed by atoms with Crippen LogP contribution in [-0.4, -0.2) is 51.0 Å². The largest absolute Gasteiger partial charge is 0.371 e. The van der Waals surface area contributed by atoms with E-state index in [1.54, 1.807) is 6.33 Å². The second-order valence-electron chi connectivity index (χ2n) is 6.13. The van der Waals surface area contributed by atoms with Gasteiger partial charge in [0.25, 0.3) is 0 Å². The number of carbonyl (C=O) groups excluding carboxylic acids is 1. The molecule has 3 rings (SSSR count). The van der Waals surface area contributed by atoms with E-state index < -0.39 is 0 Å². The van der Waals surface area contributed by atoms with Crippen molar-refractivity contribution >= 4 is 6.03 Å². The molecule has 1 saturated carbocycles. The quantitative estimate of drug-likeness (QED) is 0.890. The monoisotopic (exact) mass is 293 g/mol. The SMILES string of the molecule is C[C@H](NC(=O)N1CCOC2(CCCC2)C1)c1nncn1C. The molecular formula is C14H23N5O2. The number of amides is 2. The van der Waals surface area contributed by atoms with Crippen LogP contribution in [0.4, 0.5) is 4.79 Å². The number of morpholine rings is 1. The minimum Gasteiger partial charge on any atom is -0.371 e. The number of carbonyl (C=O) groups is 1. The van der Waals surface area contributed by atoms with Gasteiger partial charge in [-0.1, -0.05) is 12.8 Å². The minimum absolute atomic E-state index is 0.0416. The van der Waals surface area contributed by atoms with Gasteiger partial charge in [-0.05, 0) is 19.8 Å². The van der Waals surface area contributed by atoms with Crippen molar-refractivity contribution in [2.24, 2.45) is 7.05 Å². The molecule has 2 fully saturated rings. The summed E-state index contributed by atoms with van der Waals surface area (Å²) in [5, 5.41) is 10.9. The molecule has 0 unspecified atom stereocenters. The maximum Gasteiger partial charge on any atom is 0.318 e. The normalized spacial score (nSPS) is 22.5. The summed E-state index contributed by atoms with van der Waals surface area (Å²) in [6, 6.07) is -0.201. The summed E-state index contributed by atoms with van der Waals surface area (Å²) < 4.78 is 7.78. The average Bonchev–Trinajstić information content (AvgIpc) is 3.08. The van der Waals surface area contributed by atoms with Gasteiger partial charge in [0.2, 0.25) is 0 Å². The van der Waals surface area contributed by atoms with Crippen LogP contribution in [0.25, 0.3) is 0 Å². The molecule has 7 heteroatoms. The van der Waals surface area contributed by atoms with E-state index in [1.165, 1.54) is 12.8 Å². The molecular weight excluding hydrogens is 270 g/mol. The highest BCUT2D eigenvalue weighted by Gasteiger charge is 2.40. The van der Waals surface area contributed by atoms with Crippen LogP contribution >= 0.6 is 0 Å². The molecule has 1 aliphatic heterocycles. The van der Waals surface area contributed by atoms with Crippen molar-refractivity contribution in [3.8, 4) is 0 Å². The van der Waals surface area contributed by atoms with E-state index in [9.17, 15) is 4.79 Å². The fraction of sp³-hybridized carbons (Fsp3) is 0.786. The number of ether oxygens (including phenoxy) is 1. The van der Waals surface area contributed by atoms with Gasteiger partial charge >= 0.3 is 6.03 Å². The first-order chi connectivity index (χ1) is 10.1. The highest BCUT2D eigenvalue weighted by Crippen LogP contribution is 2.35. The van der Waals surface area contributed by atoms with Gasteiger partial charge in [-0.15, -0.1) is 10.2 Å². The first kappa shape index (κ1) is 14.3. The van der Waals surface area contributed by atoms with Crippen molar-refractivity contribution in [3.05, 3.63) is 12.2 Å². The van der Waals surface area contributed by atoms with E-state index in [4.69, 9.17) is 4.74 Å². The second-order valence-corrected chi connectivity index (χ2v) is 6.13. The van der Waals surface area contributed by atoms with Crippen molar-refractivity contribution in [3.63, 3.8) is 0 Å². The van der Waals surface area contributed by atoms with E-state index in [0.29, 0.717) is 19.7 Å². The predicted molar refractivity (Wildman–Crippen MR) is 76.7 cm³/mol. The Morgan fingerprint density at radius 3 is 2.90 bits per heavy atom. The number of hydrogen-bond donors (Lipinski definition) is 1. The maximum atomic E-state index is 12.5. The zero-order chi connectivity index (χ0) is 14.9. The molecule has 1 aromatic heterocycles. The molecule has 0 aromatic carbocycles. The van der Waals surface area contributed by atoms with Gasteiger partial charge in [-0.3, -0.25) is 0 Å². The topological polar surface area (TPSA) is 72.3 Å². The molecule has 21 heavy (non-hydrogen) atoms. The molecule has 1 saturated heterocycles. The fourth-order valence-corrected chi connectivity index (χ4v) is 3.37. The second kappa shape index (κ2) is 5.63. The highest BCUT2D eigenvalue weighted by molar-refractivity contribution is 5.74. The molecule has 1 atom stereocenters. The van der Waals surface area contributed by atoms with Gasteiger partial charge < -0.3 is 19.5 Å².